The number of nitrogens with one attached hydrogen (secondary N) is 1. The van der Waals surface area contributed by atoms with Crippen molar-refractivity contribution in [1.29, 1.82) is 0 Å². The van der Waals surface area contributed by atoms with Crippen LogP contribution in [-0.4, -0.2) is 52.9 Å². The number of carbonyl (C=O) groups is 1. The van der Waals surface area contributed by atoms with Gasteiger partial charge in [0.25, 0.3) is 5.91 Å². The van der Waals surface area contributed by atoms with Crippen LogP contribution < -0.4 is 11.3 Å². The summed E-state index contributed by atoms with van der Waals surface area (Å²) in [7, 11) is 0. The van der Waals surface area contributed by atoms with Gasteiger partial charge in [-0.25, -0.2) is 4.98 Å². The molecule has 20 heavy (non-hydrogen) atoms. The van der Waals surface area contributed by atoms with E-state index in [-0.39, 0.29) is 5.91 Å². The number of fused-ring (bicyclic) bond motifs is 1. The Morgan fingerprint density at radius 2 is 2.15 bits per heavy atom. The van der Waals surface area contributed by atoms with Crippen LogP contribution in [0, 0.1) is 0 Å². The predicted molar refractivity (Wildman–Crippen MR) is 77.2 cm³/mol. The number of nitrogens with zero attached hydrogens (tertiary/aromatic N) is 3. The van der Waals surface area contributed by atoms with Gasteiger partial charge in [-0.2, -0.15) is 0 Å². The smallest absolute Gasteiger partial charge is 0.272 e. The number of hydrazine groups is 1. The normalized spacial score (nSPS) is 23.2. The Morgan fingerprint density at radius 3 is 2.90 bits per heavy atom. The summed E-state index contributed by atoms with van der Waals surface area (Å²) in [5, 5.41) is 0. The van der Waals surface area contributed by atoms with Crippen LogP contribution in [0.25, 0.3) is 0 Å². The van der Waals surface area contributed by atoms with Gasteiger partial charge in [-0.3, -0.25) is 15.5 Å². The average molecular weight is 275 g/mol. The second-order valence-electron chi connectivity index (χ2n) is 5.51. The SMILES string of the molecule is NNc1ccc(C(=O)N2CCCN3CCCC3C2)nc1. The summed E-state index contributed by atoms with van der Waals surface area (Å²) in [6.45, 7) is 3.95. The number of nitrogen functional groups attached to an aromatic ring is 1. The lowest BCUT2D eigenvalue weighted by molar-refractivity contribution is 0.0737. The fraction of sp³-hybridized carbons (Fsp3) is 0.571. The maximum atomic E-state index is 12.5. The Bertz CT molecular complexity index is 475. The number of rotatable bonds is 2. The fourth-order valence-corrected chi connectivity index (χ4v) is 3.16. The third-order valence-corrected chi connectivity index (χ3v) is 4.24. The van der Waals surface area contributed by atoms with Gasteiger partial charge in [0.05, 0.1) is 11.9 Å². The van der Waals surface area contributed by atoms with Gasteiger partial charge in [-0.05, 0) is 37.9 Å². The molecule has 1 atom stereocenters. The van der Waals surface area contributed by atoms with Crippen LogP contribution in [0.4, 0.5) is 5.69 Å². The Hall–Kier alpha value is -1.66. The first-order valence-corrected chi connectivity index (χ1v) is 7.24. The van der Waals surface area contributed by atoms with E-state index in [1.54, 1.807) is 18.3 Å². The number of aromatic nitrogens is 1. The van der Waals surface area contributed by atoms with Crippen molar-refractivity contribution in [3.63, 3.8) is 0 Å². The molecule has 2 saturated heterocycles. The third kappa shape index (κ3) is 2.62. The highest BCUT2D eigenvalue weighted by Gasteiger charge is 2.31. The number of nitrogens with two attached hydrogens (primary N) is 1. The Labute approximate surface area is 118 Å². The van der Waals surface area contributed by atoms with Crippen LogP contribution in [0.3, 0.4) is 0 Å². The molecule has 0 aliphatic carbocycles. The molecule has 108 valence electrons. The molecule has 0 aromatic carbocycles. The minimum atomic E-state index is 0.0299. The van der Waals surface area contributed by atoms with Crippen LogP contribution in [0.15, 0.2) is 18.3 Å². The first-order chi connectivity index (χ1) is 9.78. The maximum absolute atomic E-state index is 12.5. The summed E-state index contributed by atoms with van der Waals surface area (Å²) in [5.41, 5.74) is 3.72. The lowest BCUT2D eigenvalue weighted by Gasteiger charge is -2.25. The molecule has 0 spiro atoms. The van der Waals surface area contributed by atoms with Gasteiger partial charge < -0.3 is 10.3 Å². The molecule has 2 aliphatic heterocycles. The van der Waals surface area contributed by atoms with Crippen LogP contribution in [0.5, 0.6) is 0 Å². The lowest BCUT2D eigenvalue weighted by atomic mass is 10.2. The summed E-state index contributed by atoms with van der Waals surface area (Å²) in [6, 6.07) is 4.04. The van der Waals surface area contributed by atoms with Crippen molar-refractivity contribution in [2.24, 2.45) is 5.84 Å². The summed E-state index contributed by atoms with van der Waals surface area (Å²) in [5.74, 6) is 5.34. The molecule has 2 aliphatic rings. The van der Waals surface area contributed by atoms with E-state index in [9.17, 15) is 4.79 Å². The summed E-state index contributed by atoms with van der Waals surface area (Å²) >= 11 is 0. The molecule has 1 aromatic heterocycles. The van der Waals surface area contributed by atoms with E-state index in [0.717, 1.165) is 26.1 Å². The standard InChI is InChI=1S/C14H21N5O/c15-17-11-4-5-13(16-9-11)14(20)19-8-2-7-18-6-1-3-12(18)10-19/h4-5,9,12,17H,1-3,6-8,10,15H2. The third-order valence-electron chi connectivity index (χ3n) is 4.24. The van der Waals surface area contributed by atoms with Crippen molar-refractivity contribution in [2.75, 3.05) is 31.6 Å². The van der Waals surface area contributed by atoms with Crippen molar-refractivity contribution >= 4 is 11.6 Å². The summed E-state index contributed by atoms with van der Waals surface area (Å²) < 4.78 is 0. The van der Waals surface area contributed by atoms with Gasteiger partial charge >= 0.3 is 0 Å². The Morgan fingerprint density at radius 1 is 1.30 bits per heavy atom. The van der Waals surface area contributed by atoms with E-state index in [0.29, 0.717) is 17.4 Å². The van der Waals surface area contributed by atoms with Gasteiger partial charge in [-0.1, -0.05) is 0 Å². The summed E-state index contributed by atoms with van der Waals surface area (Å²) in [4.78, 5) is 21.2. The molecule has 3 heterocycles. The molecule has 6 nitrogen and oxygen atoms in total. The van der Waals surface area contributed by atoms with E-state index >= 15 is 0 Å². The van der Waals surface area contributed by atoms with Crippen molar-refractivity contribution < 1.29 is 4.79 Å². The number of hydrogen-bond donors (Lipinski definition) is 2. The molecule has 0 bridgehead atoms. The van der Waals surface area contributed by atoms with E-state index in [1.807, 2.05) is 4.90 Å². The van der Waals surface area contributed by atoms with Crippen LogP contribution in [-0.2, 0) is 0 Å². The molecule has 6 heteroatoms. The lowest BCUT2D eigenvalue weighted by Crippen LogP contribution is -2.39. The van der Waals surface area contributed by atoms with Gasteiger partial charge in [-0.15, -0.1) is 0 Å². The van der Waals surface area contributed by atoms with Gasteiger partial charge in [0.15, 0.2) is 0 Å². The van der Waals surface area contributed by atoms with Crippen molar-refractivity contribution in [3.05, 3.63) is 24.0 Å². The fourth-order valence-electron chi connectivity index (χ4n) is 3.16. The zero-order chi connectivity index (χ0) is 13.9. The number of amides is 1. The highest BCUT2D eigenvalue weighted by atomic mass is 16.2. The molecular formula is C14H21N5O. The maximum Gasteiger partial charge on any atom is 0.272 e. The number of pyridine rings is 1. The van der Waals surface area contributed by atoms with E-state index in [4.69, 9.17) is 5.84 Å². The van der Waals surface area contributed by atoms with Crippen LogP contribution in [0.1, 0.15) is 29.8 Å². The van der Waals surface area contributed by atoms with Gasteiger partial charge in [0.2, 0.25) is 0 Å². The number of hydrogen-bond acceptors (Lipinski definition) is 5. The van der Waals surface area contributed by atoms with E-state index in [1.165, 1.54) is 19.4 Å². The van der Waals surface area contributed by atoms with E-state index < -0.39 is 0 Å². The molecule has 3 rings (SSSR count). The highest BCUT2D eigenvalue weighted by molar-refractivity contribution is 5.92. The molecule has 1 aromatic rings. The monoisotopic (exact) mass is 275 g/mol. The van der Waals surface area contributed by atoms with Crippen molar-refractivity contribution in [3.8, 4) is 0 Å². The second kappa shape index (κ2) is 5.76. The van der Waals surface area contributed by atoms with Crippen molar-refractivity contribution in [1.82, 2.24) is 14.8 Å². The van der Waals surface area contributed by atoms with Crippen LogP contribution in [0.2, 0.25) is 0 Å². The molecule has 2 fully saturated rings. The molecule has 0 radical (unpaired) electrons. The number of carbonyl (C=O) groups excluding carboxylic acids is 1. The quantitative estimate of drug-likeness (QED) is 0.613. The van der Waals surface area contributed by atoms with Gasteiger partial charge in [0.1, 0.15) is 5.69 Å². The molecular weight excluding hydrogens is 254 g/mol. The highest BCUT2D eigenvalue weighted by Crippen LogP contribution is 2.22. The zero-order valence-electron chi connectivity index (χ0n) is 11.6. The molecule has 3 N–H and O–H groups in total. The first kappa shape index (κ1) is 13.3. The largest absolute Gasteiger partial charge is 0.336 e. The predicted octanol–water partition coefficient (Wildman–Crippen LogP) is 0.678. The first-order valence-electron chi connectivity index (χ1n) is 7.24. The number of anilines is 1. The Balaban J connectivity index is 1.71. The van der Waals surface area contributed by atoms with Crippen molar-refractivity contribution in [2.45, 2.75) is 25.3 Å². The topological polar surface area (TPSA) is 74.5 Å². The summed E-state index contributed by atoms with van der Waals surface area (Å²) in [6.07, 6.45) is 5.09. The Kier molecular flexibility index (Phi) is 3.84. The minimum Gasteiger partial charge on any atom is -0.336 e. The molecule has 0 saturated carbocycles. The zero-order valence-corrected chi connectivity index (χ0v) is 11.6. The molecule has 1 amide bonds. The van der Waals surface area contributed by atoms with Gasteiger partial charge in [0, 0.05) is 25.7 Å². The minimum absolute atomic E-state index is 0.0299. The average Bonchev–Trinajstić information content (AvgIpc) is 2.83. The second-order valence-corrected chi connectivity index (χ2v) is 5.51. The molecule has 1 unspecified atom stereocenters. The van der Waals surface area contributed by atoms with Crippen LogP contribution >= 0.6 is 0 Å². The van der Waals surface area contributed by atoms with E-state index in [2.05, 4.69) is 15.3 Å².